The molecule has 5 nitrogen and oxygen atoms in total. The molecule has 0 aromatic heterocycles. The molecule has 24 heavy (non-hydrogen) atoms. The Morgan fingerprint density at radius 2 is 2.04 bits per heavy atom. The maximum absolute atomic E-state index is 12.5. The molecule has 2 amide bonds. The topological polar surface area (TPSA) is 53.0 Å². The zero-order chi connectivity index (χ0) is 16.9. The van der Waals surface area contributed by atoms with Crippen molar-refractivity contribution in [2.75, 3.05) is 24.6 Å². The van der Waals surface area contributed by atoms with Crippen molar-refractivity contribution in [2.45, 2.75) is 19.8 Å². The normalized spacial score (nSPS) is 13.3. The number of carbonyl (C=O) groups is 1. The van der Waals surface area contributed by atoms with Crippen molar-refractivity contribution >= 4 is 11.7 Å². The number of amides is 2. The van der Waals surface area contributed by atoms with E-state index in [0.717, 1.165) is 34.9 Å². The van der Waals surface area contributed by atoms with Crippen LogP contribution in [-0.4, -0.2) is 36.0 Å². The highest BCUT2D eigenvalue weighted by Crippen LogP contribution is 2.28. The molecule has 0 bridgehead atoms. The molecule has 2 aromatic rings. The van der Waals surface area contributed by atoms with Crippen molar-refractivity contribution < 1.29 is 14.7 Å². The third kappa shape index (κ3) is 3.68. The van der Waals surface area contributed by atoms with E-state index in [1.54, 1.807) is 4.90 Å². The highest BCUT2D eigenvalue weighted by Gasteiger charge is 2.26. The average Bonchev–Trinajstić information content (AvgIpc) is 2.61. The molecule has 5 heteroatoms. The second kappa shape index (κ2) is 7.36. The van der Waals surface area contributed by atoms with Gasteiger partial charge in [0.05, 0.1) is 6.54 Å². The first-order valence-corrected chi connectivity index (χ1v) is 8.20. The van der Waals surface area contributed by atoms with Crippen LogP contribution in [0.25, 0.3) is 0 Å². The second-order valence-corrected chi connectivity index (χ2v) is 5.95. The summed E-state index contributed by atoms with van der Waals surface area (Å²) in [6, 6.07) is 15.0. The van der Waals surface area contributed by atoms with Gasteiger partial charge < -0.3 is 4.74 Å². The van der Waals surface area contributed by atoms with E-state index in [2.05, 4.69) is 6.07 Å². The van der Waals surface area contributed by atoms with Crippen LogP contribution >= 0.6 is 0 Å². The van der Waals surface area contributed by atoms with Crippen LogP contribution in [0.5, 0.6) is 5.75 Å². The van der Waals surface area contributed by atoms with Gasteiger partial charge in [0, 0.05) is 12.2 Å². The molecule has 0 unspecified atom stereocenters. The van der Waals surface area contributed by atoms with Crippen LogP contribution in [0.15, 0.2) is 48.5 Å². The smallest absolute Gasteiger partial charge is 0.348 e. The molecule has 0 saturated carbocycles. The largest absolute Gasteiger partial charge is 0.492 e. The Hall–Kier alpha value is -2.53. The minimum atomic E-state index is -0.406. The molecule has 0 fully saturated rings. The Bertz CT molecular complexity index is 703. The zero-order valence-electron chi connectivity index (χ0n) is 13.8. The van der Waals surface area contributed by atoms with Crippen molar-refractivity contribution in [1.29, 1.82) is 0 Å². The van der Waals surface area contributed by atoms with Gasteiger partial charge in [0.2, 0.25) is 0 Å². The molecule has 1 N–H and O–H groups in total. The lowest BCUT2D eigenvalue weighted by Gasteiger charge is -2.32. The molecule has 126 valence electrons. The molecule has 0 aliphatic carbocycles. The van der Waals surface area contributed by atoms with E-state index in [9.17, 15) is 10.0 Å². The quantitative estimate of drug-likeness (QED) is 0.689. The molecule has 1 heterocycles. The maximum Gasteiger partial charge on any atom is 0.348 e. The van der Waals surface area contributed by atoms with E-state index < -0.39 is 6.03 Å². The van der Waals surface area contributed by atoms with Crippen LogP contribution in [0.3, 0.4) is 0 Å². The maximum atomic E-state index is 12.5. The summed E-state index contributed by atoms with van der Waals surface area (Å²) >= 11 is 0. The number of ether oxygens (including phenoxy) is 1. The summed E-state index contributed by atoms with van der Waals surface area (Å²) in [6.45, 7) is 3.01. The summed E-state index contributed by atoms with van der Waals surface area (Å²) in [4.78, 5) is 14.2. The van der Waals surface area contributed by atoms with Crippen LogP contribution in [0.2, 0.25) is 0 Å². The number of aryl methyl sites for hydroxylation is 2. The highest BCUT2D eigenvalue weighted by molar-refractivity contribution is 5.92. The number of hydroxylamine groups is 2. The van der Waals surface area contributed by atoms with Crippen molar-refractivity contribution in [3.05, 3.63) is 59.7 Å². The number of nitrogens with zero attached hydrogens (tertiary/aromatic N) is 2. The third-order valence-corrected chi connectivity index (χ3v) is 4.12. The molecule has 3 rings (SSSR count). The summed E-state index contributed by atoms with van der Waals surface area (Å²) in [5.41, 5.74) is 3.23. The second-order valence-electron chi connectivity index (χ2n) is 5.95. The minimum Gasteiger partial charge on any atom is -0.492 e. The number of benzene rings is 2. The van der Waals surface area contributed by atoms with Crippen LogP contribution in [0, 0.1) is 6.92 Å². The number of anilines is 1. The lowest BCUT2D eigenvalue weighted by molar-refractivity contribution is -0.0472. The number of fused-ring (bicyclic) bond motifs is 1. The Morgan fingerprint density at radius 1 is 1.25 bits per heavy atom. The predicted molar refractivity (Wildman–Crippen MR) is 92.7 cm³/mol. The van der Waals surface area contributed by atoms with Crippen LogP contribution < -0.4 is 9.64 Å². The minimum absolute atomic E-state index is 0.116. The van der Waals surface area contributed by atoms with Gasteiger partial charge in [-0.2, -0.15) is 0 Å². The van der Waals surface area contributed by atoms with Crippen LogP contribution in [-0.2, 0) is 6.42 Å². The van der Waals surface area contributed by atoms with Gasteiger partial charge in [0.1, 0.15) is 12.4 Å². The van der Waals surface area contributed by atoms with Crippen molar-refractivity contribution in [3.8, 4) is 5.75 Å². The van der Waals surface area contributed by atoms with Crippen molar-refractivity contribution in [3.63, 3.8) is 0 Å². The van der Waals surface area contributed by atoms with Gasteiger partial charge >= 0.3 is 6.03 Å². The van der Waals surface area contributed by atoms with Crippen LogP contribution in [0.4, 0.5) is 10.5 Å². The van der Waals surface area contributed by atoms with E-state index in [-0.39, 0.29) is 13.2 Å². The van der Waals surface area contributed by atoms with Crippen molar-refractivity contribution in [2.24, 2.45) is 0 Å². The molecule has 2 aromatic carbocycles. The first-order valence-electron chi connectivity index (χ1n) is 8.20. The number of hydrogen-bond donors (Lipinski definition) is 1. The van der Waals surface area contributed by atoms with Gasteiger partial charge in [-0.25, -0.2) is 9.86 Å². The van der Waals surface area contributed by atoms with Gasteiger partial charge in [-0.1, -0.05) is 35.9 Å². The predicted octanol–water partition coefficient (Wildman–Crippen LogP) is 3.64. The lowest BCUT2D eigenvalue weighted by Crippen LogP contribution is -2.45. The van der Waals surface area contributed by atoms with Gasteiger partial charge in [0.15, 0.2) is 0 Å². The van der Waals surface area contributed by atoms with Gasteiger partial charge in [-0.3, -0.25) is 10.1 Å². The number of hydrogen-bond acceptors (Lipinski definition) is 3. The standard InChI is InChI=1S/C19H22N2O3/c1-15-9-10-18-16(14-15)6-5-11-20(18)19(22)21(23)12-13-24-17-7-3-2-4-8-17/h2-4,7-10,14,23H,5-6,11-13H2,1H3. The first kappa shape index (κ1) is 16.3. The number of carbonyl (C=O) groups excluding carboxylic acids is 1. The third-order valence-electron chi connectivity index (χ3n) is 4.12. The molecule has 0 atom stereocenters. The van der Waals surface area contributed by atoms with Gasteiger partial charge in [-0.05, 0) is 43.5 Å². The summed E-state index contributed by atoms with van der Waals surface area (Å²) < 4.78 is 5.53. The fourth-order valence-electron chi connectivity index (χ4n) is 2.93. The number of para-hydroxylation sites is 1. The Labute approximate surface area is 142 Å². The molecule has 0 saturated heterocycles. The summed E-state index contributed by atoms with van der Waals surface area (Å²) in [7, 11) is 0. The molecule has 0 radical (unpaired) electrons. The molecule has 0 spiro atoms. The summed E-state index contributed by atoms with van der Waals surface area (Å²) in [5, 5.41) is 10.8. The SMILES string of the molecule is Cc1ccc2c(c1)CCCN2C(=O)N(O)CCOc1ccccc1. The van der Waals surface area contributed by atoms with E-state index in [0.29, 0.717) is 6.54 Å². The van der Waals surface area contributed by atoms with E-state index in [4.69, 9.17) is 4.74 Å². The molecule has 1 aliphatic heterocycles. The fraction of sp³-hybridized carbons (Fsp3) is 0.316. The van der Waals surface area contributed by atoms with E-state index >= 15 is 0 Å². The summed E-state index contributed by atoms with van der Waals surface area (Å²) in [6.07, 6.45) is 1.86. The molecule has 1 aliphatic rings. The number of urea groups is 1. The van der Waals surface area contributed by atoms with E-state index in [1.807, 2.05) is 49.4 Å². The highest BCUT2D eigenvalue weighted by atomic mass is 16.5. The van der Waals surface area contributed by atoms with Gasteiger partial charge in [-0.15, -0.1) is 0 Å². The number of rotatable bonds is 4. The fourth-order valence-corrected chi connectivity index (χ4v) is 2.93. The average molecular weight is 326 g/mol. The summed E-state index contributed by atoms with van der Waals surface area (Å²) in [5.74, 6) is 0.720. The van der Waals surface area contributed by atoms with E-state index in [1.165, 1.54) is 5.56 Å². The monoisotopic (exact) mass is 326 g/mol. The first-order chi connectivity index (χ1) is 11.6. The Balaban J connectivity index is 1.60. The Kier molecular flexibility index (Phi) is 5.01. The van der Waals surface area contributed by atoms with Gasteiger partial charge in [0.25, 0.3) is 0 Å². The van der Waals surface area contributed by atoms with Crippen molar-refractivity contribution in [1.82, 2.24) is 5.06 Å². The molecular formula is C19H22N2O3. The zero-order valence-corrected chi connectivity index (χ0v) is 13.8. The Morgan fingerprint density at radius 3 is 2.83 bits per heavy atom. The molecular weight excluding hydrogens is 304 g/mol. The lowest BCUT2D eigenvalue weighted by atomic mass is 10.00. The van der Waals surface area contributed by atoms with Crippen LogP contribution in [0.1, 0.15) is 17.5 Å².